The monoisotopic (exact) mass is 337 g/mol. The Morgan fingerprint density at radius 2 is 2.22 bits per heavy atom. The topological polar surface area (TPSA) is 110 Å². The van der Waals surface area contributed by atoms with Crippen molar-refractivity contribution >= 4 is 22.4 Å². The molecule has 23 heavy (non-hydrogen) atoms. The van der Waals surface area contributed by atoms with Gasteiger partial charge in [-0.05, 0) is 6.42 Å². The number of hydrogen-bond acceptors (Lipinski definition) is 6. The van der Waals surface area contributed by atoms with Gasteiger partial charge in [0, 0.05) is 31.1 Å². The van der Waals surface area contributed by atoms with Gasteiger partial charge >= 0.3 is 5.69 Å². The minimum atomic E-state index is -0.531. The highest BCUT2D eigenvalue weighted by molar-refractivity contribution is 7.15. The number of aromatic nitrogens is 4. The van der Waals surface area contributed by atoms with E-state index in [1.165, 1.54) is 28.2 Å². The van der Waals surface area contributed by atoms with E-state index in [0.717, 1.165) is 17.8 Å². The Morgan fingerprint density at radius 3 is 2.91 bits per heavy atom. The van der Waals surface area contributed by atoms with Crippen molar-refractivity contribution in [1.29, 1.82) is 0 Å². The number of rotatable bonds is 7. The van der Waals surface area contributed by atoms with Gasteiger partial charge in [-0.3, -0.25) is 14.6 Å². The molecule has 0 radical (unpaired) electrons. The lowest BCUT2D eigenvalue weighted by molar-refractivity contribution is -0.116. The van der Waals surface area contributed by atoms with Gasteiger partial charge in [0.25, 0.3) is 5.56 Å². The maximum Gasteiger partial charge on any atom is 0.328 e. The van der Waals surface area contributed by atoms with E-state index in [9.17, 15) is 14.4 Å². The van der Waals surface area contributed by atoms with E-state index >= 15 is 0 Å². The summed E-state index contributed by atoms with van der Waals surface area (Å²) >= 11 is 1.37. The average molecular weight is 337 g/mol. The predicted molar refractivity (Wildman–Crippen MR) is 87.8 cm³/mol. The SMILES string of the molecule is CCC[C@H](C)c1nnc(NC(=O)CCn2ccc(=O)[nH]c2=O)s1. The number of H-pyrrole nitrogens is 1. The van der Waals surface area contributed by atoms with Gasteiger partial charge in [-0.2, -0.15) is 0 Å². The molecule has 2 aromatic heterocycles. The average Bonchev–Trinajstić information content (AvgIpc) is 2.95. The summed E-state index contributed by atoms with van der Waals surface area (Å²) in [5.74, 6) is 0.0665. The Kier molecular flexibility index (Phi) is 5.80. The van der Waals surface area contributed by atoms with Crippen molar-refractivity contribution < 1.29 is 4.79 Å². The van der Waals surface area contributed by atoms with Crippen molar-refractivity contribution in [3.8, 4) is 0 Å². The highest BCUT2D eigenvalue weighted by atomic mass is 32.1. The first-order valence-corrected chi connectivity index (χ1v) is 8.24. The number of nitrogens with zero attached hydrogens (tertiary/aromatic N) is 3. The number of nitrogens with one attached hydrogen (secondary N) is 2. The second kappa shape index (κ2) is 7.82. The first-order valence-electron chi connectivity index (χ1n) is 7.42. The molecular weight excluding hydrogens is 318 g/mol. The van der Waals surface area contributed by atoms with Gasteiger partial charge < -0.3 is 9.88 Å². The predicted octanol–water partition coefficient (Wildman–Crippen LogP) is 1.32. The number of amides is 1. The van der Waals surface area contributed by atoms with Crippen molar-refractivity contribution in [3.63, 3.8) is 0 Å². The quantitative estimate of drug-likeness (QED) is 0.792. The Hall–Kier alpha value is -2.29. The van der Waals surface area contributed by atoms with E-state index in [0.29, 0.717) is 11.0 Å². The van der Waals surface area contributed by atoms with Crippen molar-refractivity contribution in [2.45, 2.75) is 45.6 Å². The molecule has 2 aromatic rings. The number of hydrogen-bond donors (Lipinski definition) is 2. The summed E-state index contributed by atoms with van der Waals surface area (Å²) in [6.07, 6.45) is 3.56. The van der Waals surface area contributed by atoms with Crippen LogP contribution in [-0.4, -0.2) is 25.7 Å². The van der Waals surface area contributed by atoms with Crippen LogP contribution in [0.2, 0.25) is 0 Å². The summed E-state index contributed by atoms with van der Waals surface area (Å²) in [5, 5.41) is 12.1. The summed E-state index contributed by atoms with van der Waals surface area (Å²) in [4.78, 5) is 36.5. The van der Waals surface area contributed by atoms with E-state index in [1.54, 1.807) is 0 Å². The second-order valence-corrected chi connectivity index (χ2v) is 6.25. The maximum absolute atomic E-state index is 11.9. The molecule has 0 fully saturated rings. The Bertz CT molecular complexity index is 779. The van der Waals surface area contributed by atoms with Crippen molar-refractivity contribution in [1.82, 2.24) is 19.7 Å². The lowest BCUT2D eigenvalue weighted by Gasteiger charge is -2.04. The highest BCUT2D eigenvalue weighted by Gasteiger charge is 2.13. The summed E-state index contributed by atoms with van der Waals surface area (Å²) in [5.41, 5.74) is -0.991. The standard InChI is InChI=1S/C14H19N5O3S/c1-3-4-9(2)12-17-18-13(23-12)15-10(20)5-7-19-8-6-11(21)16-14(19)22/h6,8-9H,3-5,7H2,1-2H3,(H,15,18,20)(H,16,21,22)/t9-/m0/s1. The molecule has 2 rings (SSSR count). The van der Waals surface area contributed by atoms with Gasteiger partial charge in [0.2, 0.25) is 11.0 Å². The number of carbonyl (C=O) groups excluding carboxylic acids is 1. The molecule has 2 N–H and O–H groups in total. The van der Waals surface area contributed by atoms with Crippen LogP contribution in [0.15, 0.2) is 21.9 Å². The smallest absolute Gasteiger partial charge is 0.300 e. The molecule has 1 atom stereocenters. The molecule has 8 nitrogen and oxygen atoms in total. The molecule has 0 saturated heterocycles. The van der Waals surface area contributed by atoms with Crippen LogP contribution in [0.5, 0.6) is 0 Å². The molecule has 0 aromatic carbocycles. The Morgan fingerprint density at radius 1 is 1.43 bits per heavy atom. The largest absolute Gasteiger partial charge is 0.328 e. The van der Waals surface area contributed by atoms with Crippen LogP contribution in [0.1, 0.15) is 44.0 Å². The van der Waals surface area contributed by atoms with Crippen LogP contribution in [-0.2, 0) is 11.3 Å². The summed E-state index contributed by atoms with van der Waals surface area (Å²) in [6.45, 7) is 4.37. The third-order valence-electron chi connectivity index (χ3n) is 3.31. The maximum atomic E-state index is 11.9. The summed E-state index contributed by atoms with van der Waals surface area (Å²) < 4.78 is 1.27. The Labute approximate surface area is 136 Å². The van der Waals surface area contributed by atoms with E-state index in [1.807, 2.05) is 0 Å². The lowest BCUT2D eigenvalue weighted by Crippen LogP contribution is -2.29. The molecule has 0 spiro atoms. The molecule has 0 saturated carbocycles. The van der Waals surface area contributed by atoms with Gasteiger partial charge in [0.15, 0.2) is 0 Å². The first kappa shape index (κ1) is 17.1. The van der Waals surface area contributed by atoms with Crippen molar-refractivity contribution in [2.24, 2.45) is 0 Å². The van der Waals surface area contributed by atoms with E-state index in [-0.39, 0.29) is 18.9 Å². The molecular formula is C14H19N5O3S. The fourth-order valence-corrected chi connectivity index (χ4v) is 2.91. The zero-order valence-corrected chi connectivity index (χ0v) is 13.9. The van der Waals surface area contributed by atoms with Crippen LogP contribution in [0, 0.1) is 0 Å². The van der Waals surface area contributed by atoms with Gasteiger partial charge in [-0.15, -0.1) is 10.2 Å². The van der Waals surface area contributed by atoms with Crippen LogP contribution < -0.4 is 16.6 Å². The molecule has 0 aliphatic heterocycles. The third kappa shape index (κ3) is 4.85. The normalized spacial score (nSPS) is 12.1. The van der Waals surface area contributed by atoms with E-state index in [2.05, 4.69) is 34.3 Å². The highest BCUT2D eigenvalue weighted by Crippen LogP contribution is 2.26. The Balaban J connectivity index is 1.90. The molecule has 0 aliphatic carbocycles. The molecule has 0 unspecified atom stereocenters. The molecule has 2 heterocycles. The molecule has 0 aliphatic rings. The zero-order valence-electron chi connectivity index (χ0n) is 13.0. The fraction of sp³-hybridized carbons (Fsp3) is 0.500. The number of carbonyl (C=O) groups is 1. The minimum Gasteiger partial charge on any atom is -0.300 e. The van der Waals surface area contributed by atoms with E-state index in [4.69, 9.17) is 0 Å². The fourth-order valence-electron chi connectivity index (χ4n) is 2.06. The second-order valence-electron chi connectivity index (χ2n) is 5.24. The summed E-state index contributed by atoms with van der Waals surface area (Å²) in [6, 6.07) is 1.24. The van der Waals surface area contributed by atoms with Crippen LogP contribution in [0.25, 0.3) is 0 Å². The van der Waals surface area contributed by atoms with Crippen molar-refractivity contribution in [2.75, 3.05) is 5.32 Å². The number of aryl methyl sites for hydroxylation is 1. The van der Waals surface area contributed by atoms with Crippen LogP contribution in [0.3, 0.4) is 0 Å². The van der Waals surface area contributed by atoms with Crippen LogP contribution in [0.4, 0.5) is 5.13 Å². The molecule has 124 valence electrons. The molecule has 0 bridgehead atoms. The molecule has 9 heteroatoms. The van der Waals surface area contributed by atoms with Gasteiger partial charge in [0.1, 0.15) is 5.01 Å². The molecule has 1 amide bonds. The third-order valence-corrected chi connectivity index (χ3v) is 4.38. The zero-order chi connectivity index (χ0) is 16.8. The summed E-state index contributed by atoms with van der Waals surface area (Å²) in [7, 11) is 0. The number of aromatic amines is 1. The van der Waals surface area contributed by atoms with Crippen molar-refractivity contribution in [3.05, 3.63) is 38.1 Å². The van der Waals surface area contributed by atoms with Gasteiger partial charge in [-0.25, -0.2) is 4.79 Å². The minimum absolute atomic E-state index is 0.103. The number of anilines is 1. The van der Waals surface area contributed by atoms with Crippen LogP contribution >= 0.6 is 11.3 Å². The first-order chi connectivity index (χ1) is 11.0. The van der Waals surface area contributed by atoms with Gasteiger partial charge in [0.05, 0.1) is 0 Å². The van der Waals surface area contributed by atoms with E-state index < -0.39 is 11.2 Å². The lowest BCUT2D eigenvalue weighted by atomic mass is 10.1. The van der Waals surface area contributed by atoms with Gasteiger partial charge in [-0.1, -0.05) is 31.6 Å².